The molecule has 0 atom stereocenters. The number of nitrogens with zero attached hydrogens (tertiary/aromatic N) is 4. The Morgan fingerprint density at radius 1 is 1.06 bits per heavy atom. The third-order valence-corrected chi connectivity index (χ3v) is 5.89. The van der Waals surface area contributed by atoms with Gasteiger partial charge >= 0.3 is 0 Å². The first kappa shape index (κ1) is 21.1. The van der Waals surface area contributed by atoms with Crippen molar-refractivity contribution in [2.75, 3.05) is 12.9 Å². The fourth-order valence-electron chi connectivity index (χ4n) is 3.03. The lowest BCUT2D eigenvalue weighted by molar-refractivity contribution is 0.102. The van der Waals surface area contributed by atoms with Crippen molar-refractivity contribution < 1.29 is 9.53 Å². The molecule has 0 amide bonds. The number of pyridine rings is 1. The Balaban J connectivity index is 1.64. The van der Waals surface area contributed by atoms with E-state index in [1.807, 2.05) is 47.9 Å². The number of hydrogen-bond donors (Lipinski definition) is 0. The molecule has 4 rings (SSSR count). The molecule has 0 N–H and O–H groups in total. The van der Waals surface area contributed by atoms with Crippen molar-refractivity contribution in [1.29, 1.82) is 0 Å². The summed E-state index contributed by atoms with van der Waals surface area (Å²) < 4.78 is 7.10. The van der Waals surface area contributed by atoms with Gasteiger partial charge in [0.1, 0.15) is 5.75 Å². The van der Waals surface area contributed by atoms with Crippen LogP contribution in [0.3, 0.4) is 0 Å². The number of ketones is 1. The monoisotopic (exact) mass is 450 g/mol. The number of aryl methyl sites for hydroxylation is 1. The van der Waals surface area contributed by atoms with Crippen molar-refractivity contribution >= 4 is 29.1 Å². The van der Waals surface area contributed by atoms with E-state index in [9.17, 15) is 4.79 Å². The number of rotatable bonds is 7. The quantitative estimate of drug-likeness (QED) is 0.282. The van der Waals surface area contributed by atoms with Crippen LogP contribution in [0.25, 0.3) is 17.1 Å². The van der Waals surface area contributed by atoms with E-state index < -0.39 is 0 Å². The molecule has 0 aliphatic carbocycles. The van der Waals surface area contributed by atoms with Gasteiger partial charge in [-0.05, 0) is 49.4 Å². The van der Waals surface area contributed by atoms with Crippen LogP contribution in [-0.2, 0) is 0 Å². The van der Waals surface area contributed by atoms with Crippen LogP contribution in [0.15, 0.2) is 72.1 Å². The molecule has 0 radical (unpaired) electrons. The van der Waals surface area contributed by atoms with Crippen molar-refractivity contribution in [1.82, 2.24) is 19.7 Å². The van der Waals surface area contributed by atoms with E-state index in [1.54, 1.807) is 30.6 Å². The number of carbonyl (C=O) groups excluding carboxylic acids is 1. The van der Waals surface area contributed by atoms with Gasteiger partial charge in [-0.25, -0.2) is 0 Å². The number of hydrogen-bond acceptors (Lipinski definition) is 6. The molecule has 0 fully saturated rings. The molecule has 8 heteroatoms. The molecule has 4 aromatic rings. The fourth-order valence-corrected chi connectivity index (χ4v) is 4.14. The van der Waals surface area contributed by atoms with E-state index in [4.69, 9.17) is 16.3 Å². The maximum absolute atomic E-state index is 12.8. The van der Waals surface area contributed by atoms with Crippen molar-refractivity contribution in [2.45, 2.75) is 12.1 Å². The number of thioether (sulfide) groups is 1. The molecule has 0 unspecified atom stereocenters. The predicted molar refractivity (Wildman–Crippen MR) is 122 cm³/mol. The highest BCUT2D eigenvalue weighted by Crippen LogP contribution is 2.29. The number of aromatic nitrogens is 4. The third kappa shape index (κ3) is 4.62. The Kier molecular flexibility index (Phi) is 6.34. The molecule has 2 aromatic carbocycles. The van der Waals surface area contributed by atoms with Crippen molar-refractivity contribution in [2.24, 2.45) is 0 Å². The molecule has 0 saturated carbocycles. The summed E-state index contributed by atoms with van der Waals surface area (Å²) in [5, 5.41) is 9.78. The zero-order chi connectivity index (χ0) is 21.8. The summed E-state index contributed by atoms with van der Waals surface area (Å²) in [4.78, 5) is 16.8. The number of benzene rings is 2. The summed E-state index contributed by atoms with van der Waals surface area (Å²) in [6, 6.07) is 16.9. The topological polar surface area (TPSA) is 69.9 Å². The van der Waals surface area contributed by atoms with E-state index in [-0.39, 0.29) is 11.5 Å². The first-order chi connectivity index (χ1) is 15.1. The molecule has 2 aromatic heterocycles. The summed E-state index contributed by atoms with van der Waals surface area (Å²) in [7, 11) is 1.54. The average molecular weight is 451 g/mol. The molecule has 0 spiro atoms. The normalized spacial score (nSPS) is 10.8. The van der Waals surface area contributed by atoms with E-state index in [2.05, 4.69) is 15.2 Å². The van der Waals surface area contributed by atoms with Crippen LogP contribution in [0, 0.1) is 6.92 Å². The second-order valence-corrected chi connectivity index (χ2v) is 8.12. The summed E-state index contributed by atoms with van der Waals surface area (Å²) in [6.07, 6.45) is 3.43. The van der Waals surface area contributed by atoms with Gasteiger partial charge in [-0.15, -0.1) is 10.2 Å². The van der Waals surface area contributed by atoms with Gasteiger partial charge in [0, 0.05) is 29.2 Å². The van der Waals surface area contributed by atoms with E-state index in [0.717, 1.165) is 16.8 Å². The Hall–Kier alpha value is -3.16. The van der Waals surface area contributed by atoms with Crippen LogP contribution in [0.2, 0.25) is 5.02 Å². The van der Waals surface area contributed by atoms with Crippen molar-refractivity contribution in [3.8, 4) is 22.8 Å². The summed E-state index contributed by atoms with van der Waals surface area (Å²) in [5.74, 6) is 1.36. The maximum Gasteiger partial charge on any atom is 0.196 e. The highest BCUT2D eigenvalue weighted by atomic mass is 35.5. The van der Waals surface area contributed by atoms with Gasteiger partial charge in [0.2, 0.25) is 0 Å². The standard InChI is InChI=1S/C23H19ClN4O2S/c1-15-3-6-18(7-4-15)28-22(16-9-11-25-12-10-16)26-27-23(28)31-14-20(29)17-5-8-21(30-2)19(24)13-17/h3-13H,14H2,1-2H3. The molecule has 0 aliphatic rings. The first-order valence-electron chi connectivity index (χ1n) is 9.49. The molecule has 0 saturated heterocycles. The van der Waals surface area contributed by atoms with Gasteiger partial charge in [0.15, 0.2) is 16.8 Å². The molecular formula is C23H19ClN4O2S. The van der Waals surface area contributed by atoms with Crippen LogP contribution in [-0.4, -0.2) is 38.4 Å². The number of ether oxygens (including phenoxy) is 1. The first-order valence-corrected chi connectivity index (χ1v) is 10.9. The lowest BCUT2D eigenvalue weighted by atomic mass is 10.1. The molecular weight excluding hydrogens is 432 g/mol. The minimum absolute atomic E-state index is 0.0570. The third-order valence-electron chi connectivity index (χ3n) is 4.67. The SMILES string of the molecule is COc1ccc(C(=O)CSc2nnc(-c3ccncc3)n2-c2ccc(C)cc2)cc1Cl. The summed E-state index contributed by atoms with van der Waals surface area (Å²) in [5.41, 5.74) is 3.49. The number of halogens is 1. The zero-order valence-electron chi connectivity index (χ0n) is 16.9. The number of carbonyl (C=O) groups is 1. The van der Waals surface area contributed by atoms with Gasteiger partial charge in [-0.2, -0.15) is 0 Å². The Morgan fingerprint density at radius 2 is 1.81 bits per heavy atom. The molecule has 156 valence electrons. The van der Waals surface area contributed by atoms with E-state index in [0.29, 0.717) is 27.3 Å². The van der Waals surface area contributed by atoms with Gasteiger partial charge in [0.25, 0.3) is 0 Å². The Morgan fingerprint density at radius 3 is 2.48 bits per heavy atom. The minimum atomic E-state index is -0.0570. The summed E-state index contributed by atoms with van der Waals surface area (Å²) in [6.45, 7) is 2.04. The van der Waals surface area contributed by atoms with Gasteiger partial charge < -0.3 is 4.74 Å². The van der Waals surface area contributed by atoms with Crippen LogP contribution < -0.4 is 4.74 Å². The largest absolute Gasteiger partial charge is 0.495 e. The smallest absolute Gasteiger partial charge is 0.196 e. The van der Waals surface area contributed by atoms with Crippen molar-refractivity contribution in [3.05, 3.63) is 83.1 Å². The summed E-state index contributed by atoms with van der Waals surface area (Å²) >= 11 is 7.49. The fraction of sp³-hybridized carbons (Fsp3) is 0.130. The maximum atomic E-state index is 12.8. The Bertz CT molecular complexity index is 1210. The van der Waals surface area contributed by atoms with Gasteiger partial charge in [-0.1, -0.05) is 41.1 Å². The number of methoxy groups -OCH3 is 1. The van der Waals surface area contributed by atoms with E-state index >= 15 is 0 Å². The van der Waals surface area contributed by atoms with Crippen LogP contribution in [0.5, 0.6) is 5.75 Å². The van der Waals surface area contributed by atoms with Crippen molar-refractivity contribution in [3.63, 3.8) is 0 Å². The van der Waals surface area contributed by atoms with Gasteiger partial charge in [0.05, 0.1) is 17.9 Å². The second-order valence-electron chi connectivity index (χ2n) is 6.77. The van der Waals surface area contributed by atoms with Crippen LogP contribution >= 0.6 is 23.4 Å². The molecule has 6 nitrogen and oxygen atoms in total. The zero-order valence-corrected chi connectivity index (χ0v) is 18.5. The molecule has 0 aliphatic heterocycles. The highest BCUT2D eigenvalue weighted by Gasteiger charge is 2.18. The minimum Gasteiger partial charge on any atom is -0.495 e. The Labute approximate surface area is 189 Å². The lowest BCUT2D eigenvalue weighted by Crippen LogP contribution is -2.05. The predicted octanol–water partition coefficient (Wildman–Crippen LogP) is 5.27. The molecule has 31 heavy (non-hydrogen) atoms. The average Bonchev–Trinajstić information content (AvgIpc) is 3.22. The highest BCUT2D eigenvalue weighted by molar-refractivity contribution is 7.99. The lowest BCUT2D eigenvalue weighted by Gasteiger charge is -2.11. The molecule has 0 bridgehead atoms. The van der Waals surface area contributed by atoms with Gasteiger partial charge in [-0.3, -0.25) is 14.3 Å². The van der Waals surface area contributed by atoms with Crippen LogP contribution in [0.4, 0.5) is 0 Å². The van der Waals surface area contributed by atoms with Crippen LogP contribution in [0.1, 0.15) is 15.9 Å². The molecule has 2 heterocycles. The second kappa shape index (κ2) is 9.32. The number of Topliss-reactive ketones (excluding diaryl/α,β-unsaturated/α-hetero) is 1. The van der Waals surface area contributed by atoms with E-state index in [1.165, 1.54) is 18.9 Å².